The Morgan fingerprint density at radius 2 is 0.821 bits per heavy atom. The average Bonchev–Trinajstić information content (AvgIpc) is 1.49. The number of unbranched alkanes of at least 4 members (excludes halogenated alkanes) is 14. The quantitative estimate of drug-likeness (QED) is 0.0125. The molecule has 0 spiro atoms. The van der Waals surface area contributed by atoms with Crippen LogP contribution in [0.4, 0.5) is 0 Å². The fourth-order valence-corrected chi connectivity index (χ4v) is 24.9. The molecule has 8 nitrogen and oxygen atoms in total. The van der Waals surface area contributed by atoms with Crippen molar-refractivity contribution in [1.82, 2.24) is 0 Å². The number of nitrogens with zero attached hydrogens (tertiary/aromatic N) is 4. The van der Waals surface area contributed by atoms with Crippen molar-refractivity contribution in [3.63, 3.8) is 0 Å². The molecule has 2 atom stereocenters. The molecule has 11 aromatic rings. The number of benzene rings is 7. The van der Waals surface area contributed by atoms with Crippen molar-refractivity contribution in [2.45, 2.75) is 226 Å². The van der Waals surface area contributed by atoms with Gasteiger partial charge in [-0.15, -0.1) is 51.8 Å². The van der Waals surface area contributed by atoms with Crippen LogP contribution in [0, 0.1) is 60.0 Å². The summed E-state index contributed by atoms with van der Waals surface area (Å²) in [6.45, 7) is 33.2. The Labute approximate surface area is 753 Å². The molecule has 4 aliphatic carbocycles. The molecule has 7 aromatic carbocycles. The second kappa shape index (κ2) is 39.4. The average molecular weight is 1740 g/mol. The van der Waals surface area contributed by atoms with Gasteiger partial charge < -0.3 is 9.47 Å². The van der Waals surface area contributed by atoms with E-state index in [-0.39, 0.29) is 68.2 Å². The fourth-order valence-electron chi connectivity index (χ4n) is 19.2. The van der Waals surface area contributed by atoms with Crippen LogP contribution in [0.1, 0.15) is 298 Å². The zero-order chi connectivity index (χ0) is 86.1. The predicted octanol–water partition coefficient (Wildman–Crippen LogP) is 31.7. The Bertz CT molecular complexity index is 6060. The Morgan fingerprint density at radius 3 is 1.20 bits per heavy atom. The first kappa shape index (κ1) is 87.7. The SMILES string of the molecule is [C-]#[N+]/C(C#N)=C1\C(=C\c2cc3c(s2)-c2sc4c(OCC(C#C)CCCC)c5c6c(sc5c(OCC(C)CCCC)c4c2C3(c2ccc(CCCCCC)cc2)c2ccc(CCCCCC)cc2)-c2sc(/C=C3\C(=O)c4cc(Cl)c(Cl)cc4\C3=C(\C#N)[N+]#[C-])cc2C6(c2ccc(CCCCCC)cc2)c2ccc(CCCCCC)cc2)C(=O)c2ccccc21. The van der Waals surface area contributed by atoms with Gasteiger partial charge >= 0.3 is 0 Å². The van der Waals surface area contributed by atoms with Crippen LogP contribution in [0.5, 0.6) is 11.5 Å². The van der Waals surface area contributed by atoms with Crippen LogP contribution in [0.3, 0.4) is 0 Å². The van der Waals surface area contributed by atoms with Gasteiger partial charge in [0, 0.05) is 65.1 Å². The first-order valence-electron chi connectivity index (χ1n) is 44.8. The van der Waals surface area contributed by atoms with Gasteiger partial charge in [0.2, 0.25) is 0 Å². The monoisotopic (exact) mass is 1730 g/mol. The molecule has 0 N–H and O–H groups in total. The maximum Gasteiger partial charge on any atom is 0.270 e. The standard InChI is InChI=1S/C109H106Cl2N4O4S4/c1-11-18-24-28-36-70-42-50-74(51-43-70)108(75-52-44-71(45-53-75)37-29-25-19-12-2)86-60-78(58-84-92(90(64-112)114-9)80-40-32-33-41-81(80)98(84)116)120-102(86)106-96(108)94-100(118-66-68(8)34-22-15-5)104-95(101(105(94)123-106)119-67-69(17-7)35-23-16-6)97-107(122-104)103-87(61-79(121-103)59-85-93(91(65-113)115-10)82-62-88(110)89(111)63-83(82)99(85)117)109(97,76-54-46-72(47-55-76)38-30-26-20-13-3)77-56-48-73(49-57-77)39-31-27-21-14-4/h7,32-33,40-63,68-69H,11-16,18-31,34-39,66-67H2,1-6,8H3/b84-58-,85-59-,92-90-,93-91+. The number of aryl methyl sites for hydroxylation is 4. The number of carbonyl (C=O) groups excluding carboxylic acids is 2. The summed E-state index contributed by atoms with van der Waals surface area (Å²) in [5.74, 6) is 4.09. The molecule has 624 valence electrons. The molecule has 0 saturated heterocycles. The summed E-state index contributed by atoms with van der Waals surface area (Å²) < 4.78 is 18.1. The maximum absolute atomic E-state index is 15.3. The number of Topliss-reactive ketones (excluding diaryl/α,β-unsaturated/α-hetero) is 2. The molecule has 15 rings (SSSR count). The molecule has 4 aromatic heterocycles. The fraction of sp³-hybridized carbons (Fsp3) is 0.358. The van der Waals surface area contributed by atoms with Gasteiger partial charge in [-0.25, -0.2) is 20.2 Å². The van der Waals surface area contributed by atoms with Crippen molar-refractivity contribution in [2.75, 3.05) is 13.2 Å². The number of allylic oxidation sites excluding steroid dienone is 6. The van der Waals surface area contributed by atoms with Crippen molar-refractivity contribution in [2.24, 2.45) is 11.8 Å². The molecule has 0 amide bonds. The first-order valence-corrected chi connectivity index (χ1v) is 48.8. The van der Waals surface area contributed by atoms with Crippen LogP contribution >= 0.6 is 68.5 Å². The van der Waals surface area contributed by atoms with E-state index in [2.05, 4.69) is 185 Å². The normalized spacial score (nSPS) is 15.7. The Morgan fingerprint density at radius 1 is 0.455 bits per heavy atom. The van der Waals surface area contributed by atoms with Gasteiger partial charge in [0.25, 0.3) is 11.4 Å². The number of hydrogen-bond donors (Lipinski definition) is 0. The van der Waals surface area contributed by atoms with E-state index in [1.165, 1.54) is 47.9 Å². The molecule has 4 heterocycles. The molecular formula is C109H106Cl2N4O4S4. The molecule has 0 saturated carbocycles. The molecule has 0 radical (unpaired) electrons. The largest absolute Gasteiger partial charge is 0.491 e. The van der Waals surface area contributed by atoms with Gasteiger partial charge in [-0.05, 0) is 173 Å². The topological polar surface area (TPSA) is 109 Å². The summed E-state index contributed by atoms with van der Waals surface area (Å²) in [6.07, 6.45) is 38.2. The number of rotatable bonds is 38. The van der Waals surface area contributed by atoms with E-state index < -0.39 is 10.8 Å². The molecular weight excluding hydrogens is 1630 g/mol. The zero-order valence-electron chi connectivity index (χ0n) is 71.9. The van der Waals surface area contributed by atoms with Gasteiger partial charge in [0.15, 0.2) is 11.6 Å². The molecule has 14 heteroatoms. The summed E-state index contributed by atoms with van der Waals surface area (Å²) in [7, 11) is 0. The highest BCUT2D eigenvalue weighted by Gasteiger charge is 2.55. The minimum absolute atomic E-state index is 0.128. The van der Waals surface area contributed by atoms with Crippen molar-refractivity contribution >= 4 is 124 Å². The predicted molar refractivity (Wildman–Crippen MR) is 516 cm³/mol. The third-order valence-electron chi connectivity index (χ3n) is 25.6. The van der Waals surface area contributed by atoms with Gasteiger partial charge in [-0.1, -0.05) is 302 Å². The first-order chi connectivity index (χ1) is 60.1. The van der Waals surface area contributed by atoms with E-state index in [4.69, 9.17) is 52.2 Å². The minimum Gasteiger partial charge on any atom is -0.491 e. The lowest BCUT2D eigenvalue weighted by Crippen LogP contribution is -2.29. The number of ketones is 2. The van der Waals surface area contributed by atoms with E-state index in [1.807, 2.05) is 30.4 Å². The van der Waals surface area contributed by atoms with Crippen LogP contribution in [-0.4, -0.2) is 24.8 Å². The Hall–Kier alpha value is -10.1. The van der Waals surface area contributed by atoms with Crippen molar-refractivity contribution in [3.05, 3.63) is 300 Å². The highest BCUT2D eigenvalue weighted by Crippen LogP contribution is 2.71. The lowest BCUT2D eigenvalue weighted by Gasteiger charge is -2.35. The van der Waals surface area contributed by atoms with Crippen LogP contribution in [0.15, 0.2) is 168 Å². The van der Waals surface area contributed by atoms with Gasteiger partial charge in [-0.2, -0.15) is 0 Å². The highest BCUT2D eigenvalue weighted by atomic mass is 35.5. The number of nitriles is 2. The summed E-state index contributed by atoms with van der Waals surface area (Å²) in [5.41, 5.74) is 14.0. The molecule has 2 unspecified atom stereocenters. The summed E-state index contributed by atoms with van der Waals surface area (Å²) >= 11 is 20.3. The second-order valence-corrected chi connectivity index (χ2v) is 38.9. The number of fused-ring (bicyclic) bond motifs is 12. The minimum atomic E-state index is -1.08. The summed E-state index contributed by atoms with van der Waals surface area (Å²) in [5, 5.41) is 23.9. The number of ether oxygens (including phenoxy) is 2. The van der Waals surface area contributed by atoms with Crippen molar-refractivity contribution < 1.29 is 19.1 Å². The number of carbonyl (C=O) groups is 2. The second-order valence-electron chi connectivity index (χ2n) is 33.9. The zero-order valence-corrected chi connectivity index (χ0v) is 76.6. The smallest absolute Gasteiger partial charge is 0.270 e. The van der Waals surface area contributed by atoms with Gasteiger partial charge in [0.05, 0.1) is 87.6 Å². The van der Waals surface area contributed by atoms with Gasteiger partial charge in [-0.3, -0.25) is 9.59 Å². The molecule has 123 heavy (non-hydrogen) atoms. The van der Waals surface area contributed by atoms with Crippen LogP contribution in [0.25, 0.3) is 72.7 Å². The third kappa shape index (κ3) is 16.6. The number of halogens is 2. The summed E-state index contributed by atoms with van der Waals surface area (Å²) in [4.78, 5) is 43.7. The molecule has 0 aliphatic heterocycles. The number of hydrogen-bond acceptors (Lipinski definition) is 10. The van der Waals surface area contributed by atoms with E-state index in [1.54, 1.807) is 63.5 Å². The highest BCUT2D eigenvalue weighted by molar-refractivity contribution is 7.29. The van der Waals surface area contributed by atoms with E-state index in [9.17, 15) is 10.5 Å². The van der Waals surface area contributed by atoms with Crippen molar-refractivity contribution in [3.8, 4) is 55.5 Å². The van der Waals surface area contributed by atoms with Crippen molar-refractivity contribution in [1.29, 1.82) is 10.5 Å². The lowest BCUT2D eigenvalue weighted by atomic mass is 9.66. The van der Waals surface area contributed by atoms with Crippen LogP contribution in [0.2, 0.25) is 10.0 Å². The van der Waals surface area contributed by atoms with Crippen LogP contribution in [-0.2, 0) is 36.5 Å². The molecule has 4 aliphatic rings. The molecule has 0 fully saturated rings. The van der Waals surface area contributed by atoms with Crippen LogP contribution < -0.4 is 9.47 Å². The number of thiophene rings is 4. The maximum atomic E-state index is 15.3. The summed E-state index contributed by atoms with van der Waals surface area (Å²) in [6, 6.07) is 57.1. The lowest BCUT2D eigenvalue weighted by molar-refractivity contribution is 0.103. The number of terminal acetylenes is 1. The van der Waals surface area contributed by atoms with E-state index in [0.29, 0.717) is 34.4 Å². The Kier molecular flexibility index (Phi) is 28.1. The van der Waals surface area contributed by atoms with E-state index >= 15 is 9.59 Å². The van der Waals surface area contributed by atoms with Gasteiger partial charge in [0.1, 0.15) is 18.1 Å². The Balaban J connectivity index is 1.10. The van der Waals surface area contributed by atoms with E-state index in [0.717, 1.165) is 247 Å². The third-order valence-corrected chi connectivity index (χ3v) is 31.2. The molecule has 0 bridgehead atoms.